The van der Waals surface area contributed by atoms with E-state index in [9.17, 15) is 9.59 Å². The molecule has 2 amide bonds. The van der Waals surface area contributed by atoms with Crippen LogP contribution in [0.15, 0.2) is 60.7 Å². The summed E-state index contributed by atoms with van der Waals surface area (Å²) in [4.78, 5) is 29.5. The van der Waals surface area contributed by atoms with Gasteiger partial charge in [0, 0.05) is 19.6 Å². The Kier molecular flexibility index (Phi) is 4.14. The van der Waals surface area contributed by atoms with Crippen molar-refractivity contribution in [2.24, 2.45) is 11.8 Å². The number of benzene rings is 2. The van der Waals surface area contributed by atoms with Crippen molar-refractivity contribution in [1.29, 1.82) is 0 Å². The molecule has 25 heavy (non-hydrogen) atoms. The maximum atomic E-state index is 12.9. The standard InChI is InChI=1S/C21H22N2O2/c1-15(17-10-6-3-7-11-17)23-20(24)18-13-22(14-19(18)21(23)25)12-16-8-4-2-5-9-16/h2-11,15,18-19H,12-14H2,1H3/t15-,18-,19?/m1/s1. The summed E-state index contributed by atoms with van der Waals surface area (Å²) < 4.78 is 0. The minimum absolute atomic E-state index is 0.0121. The summed E-state index contributed by atoms with van der Waals surface area (Å²) in [6, 6.07) is 19.8. The Morgan fingerprint density at radius 3 is 1.96 bits per heavy atom. The first-order valence-corrected chi connectivity index (χ1v) is 8.83. The maximum Gasteiger partial charge on any atom is 0.235 e. The number of nitrogens with zero attached hydrogens (tertiary/aromatic N) is 2. The number of rotatable bonds is 4. The van der Waals surface area contributed by atoms with Gasteiger partial charge in [0.1, 0.15) is 0 Å². The minimum Gasteiger partial charge on any atom is -0.297 e. The van der Waals surface area contributed by atoms with Crippen LogP contribution in [0.1, 0.15) is 24.1 Å². The van der Waals surface area contributed by atoms with Gasteiger partial charge in [-0.25, -0.2) is 0 Å². The number of carbonyl (C=O) groups excluding carboxylic acids is 2. The van der Waals surface area contributed by atoms with Crippen LogP contribution in [0, 0.1) is 11.8 Å². The van der Waals surface area contributed by atoms with Crippen LogP contribution in [0.4, 0.5) is 0 Å². The van der Waals surface area contributed by atoms with Crippen molar-refractivity contribution >= 4 is 11.8 Å². The molecule has 128 valence electrons. The second kappa shape index (κ2) is 6.45. The van der Waals surface area contributed by atoms with Gasteiger partial charge < -0.3 is 0 Å². The van der Waals surface area contributed by atoms with E-state index in [0.29, 0.717) is 13.1 Å². The van der Waals surface area contributed by atoms with Crippen molar-refractivity contribution in [3.63, 3.8) is 0 Å². The molecule has 2 aromatic carbocycles. The molecule has 0 bridgehead atoms. The third-order valence-electron chi connectivity index (χ3n) is 5.42. The summed E-state index contributed by atoms with van der Waals surface area (Å²) in [7, 11) is 0. The van der Waals surface area contributed by atoms with E-state index in [-0.39, 0.29) is 29.7 Å². The number of fused-ring (bicyclic) bond motifs is 1. The van der Waals surface area contributed by atoms with Gasteiger partial charge in [0.2, 0.25) is 11.8 Å². The molecule has 0 radical (unpaired) electrons. The molecule has 0 aliphatic carbocycles. The van der Waals surface area contributed by atoms with Gasteiger partial charge in [-0.1, -0.05) is 60.7 Å². The maximum absolute atomic E-state index is 12.9. The summed E-state index contributed by atoms with van der Waals surface area (Å²) in [6.45, 7) is 4.07. The van der Waals surface area contributed by atoms with E-state index < -0.39 is 0 Å². The van der Waals surface area contributed by atoms with Gasteiger partial charge in [-0.3, -0.25) is 19.4 Å². The third-order valence-corrected chi connectivity index (χ3v) is 5.42. The highest BCUT2D eigenvalue weighted by Gasteiger charge is 2.53. The predicted octanol–water partition coefficient (Wildman–Crippen LogP) is 2.86. The molecule has 2 saturated heterocycles. The smallest absolute Gasteiger partial charge is 0.235 e. The average Bonchev–Trinajstić information content (AvgIpc) is 3.15. The van der Waals surface area contributed by atoms with Gasteiger partial charge >= 0.3 is 0 Å². The van der Waals surface area contributed by atoms with Crippen LogP contribution in [0.5, 0.6) is 0 Å². The van der Waals surface area contributed by atoms with Crippen molar-refractivity contribution in [2.45, 2.75) is 19.5 Å². The fraction of sp³-hybridized carbons (Fsp3) is 0.333. The number of imide groups is 1. The first-order chi connectivity index (χ1) is 12.1. The van der Waals surface area contributed by atoms with E-state index in [2.05, 4.69) is 17.0 Å². The lowest BCUT2D eigenvalue weighted by molar-refractivity contribution is -0.143. The Balaban J connectivity index is 1.48. The molecule has 0 saturated carbocycles. The van der Waals surface area contributed by atoms with Crippen molar-refractivity contribution in [3.05, 3.63) is 71.8 Å². The Labute approximate surface area is 148 Å². The molecule has 3 atom stereocenters. The number of hydrogen-bond acceptors (Lipinski definition) is 3. The molecule has 2 aromatic rings. The Morgan fingerprint density at radius 2 is 1.40 bits per heavy atom. The van der Waals surface area contributed by atoms with Crippen LogP contribution in [0.3, 0.4) is 0 Å². The first-order valence-electron chi connectivity index (χ1n) is 8.83. The molecular formula is C21H22N2O2. The van der Waals surface area contributed by atoms with E-state index >= 15 is 0 Å². The molecule has 2 aliphatic heterocycles. The van der Waals surface area contributed by atoms with Gasteiger partial charge in [-0.2, -0.15) is 0 Å². The summed E-state index contributed by atoms with van der Waals surface area (Å²) in [5.74, 6) is -0.409. The van der Waals surface area contributed by atoms with E-state index in [0.717, 1.165) is 12.1 Å². The number of likely N-dealkylation sites (tertiary alicyclic amines) is 2. The molecule has 0 spiro atoms. The topological polar surface area (TPSA) is 40.6 Å². The van der Waals surface area contributed by atoms with E-state index in [1.807, 2.05) is 55.5 Å². The number of carbonyl (C=O) groups is 2. The van der Waals surface area contributed by atoms with Crippen LogP contribution in [-0.2, 0) is 16.1 Å². The van der Waals surface area contributed by atoms with E-state index in [1.165, 1.54) is 10.5 Å². The van der Waals surface area contributed by atoms with Gasteiger partial charge in [0.25, 0.3) is 0 Å². The highest BCUT2D eigenvalue weighted by molar-refractivity contribution is 6.06. The molecule has 2 heterocycles. The lowest BCUT2D eigenvalue weighted by Gasteiger charge is -2.26. The lowest BCUT2D eigenvalue weighted by atomic mass is 10.00. The second-order valence-electron chi connectivity index (χ2n) is 7.03. The molecular weight excluding hydrogens is 312 g/mol. The van der Waals surface area contributed by atoms with E-state index in [4.69, 9.17) is 0 Å². The molecule has 0 N–H and O–H groups in total. The molecule has 2 aliphatic rings. The molecule has 1 unspecified atom stereocenters. The zero-order valence-corrected chi connectivity index (χ0v) is 14.3. The normalized spacial score (nSPS) is 24.6. The van der Waals surface area contributed by atoms with Crippen molar-refractivity contribution < 1.29 is 9.59 Å². The SMILES string of the molecule is C[C@H](c1ccccc1)N1C(=O)C2CN(Cc3ccccc3)C[C@H]2C1=O. The largest absolute Gasteiger partial charge is 0.297 e. The van der Waals surface area contributed by atoms with Crippen LogP contribution in [-0.4, -0.2) is 34.7 Å². The van der Waals surface area contributed by atoms with E-state index in [1.54, 1.807) is 0 Å². The van der Waals surface area contributed by atoms with Gasteiger partial charge in [0.05, 0.1) is 17.9 Å². The zero-order chi connectivity index (χ0) is 17.4. The van der Waals surface area contributed by atoms with Crippen molar-refractivity contribution in [2.75, 3.05) is 13.1 Å². The summed E-state index contributed by atoms with van der Waals surface area (Å²) in [5.41, 5.74) is 2.22. The van der Waals surface area contributed by atoms with Gasteiger partial charge in [-0.15, -0.1) is 0 Å². The molecule has 4 rings (SSSR count). The Morgan fingerprint density at radius 1 is 0.880 bits per heavy atom. The number of amides is 2. The van der Waals surface area contributed by atoms with Crippen LogP contribution >= 0.6 is 0 Å². The average molecular weight is 334 g/mol. The highest BCUT2D eigenvalue weighted by atomic mass is 16.2. The zero-order valence-electron chi connectivity index (χ0n) is 14.3. The Hall–Kier alpha value is -2.46. The first kappa shape index (κ1) is 16.0. The highest BCUT2D eigenvalue weighted by Crippen LogP contribution is 2.38. The van der Waals surface area contributed by atoms with Crippen molar-refractivity contribution in [3.8, 4) is 0 Å². The summed E-state index contributed by atoms with van der Waals surface area (Å²) in [6.07, 6.45) is 0. The van der Waals surface area contributed by atoms with Gasteiger partial charge in [0.15, 0.2) is 0 Å². The molecule has 4 nitrogen and oxygen atoms in total. The minimum atomic E-state index is -0.200. The third kappa shape index (κ3) is 2.87. The fourth-order valence-electron chi connectivity index (χ4n) is 4.08. The monoisotopic (exact) mass is 334 g/mol. The molecule has 2 fully saturated rings. The van der Waals surface area contributed by atoms with Gasteiger partial charge in [-0.05, 0) is 18.1 Å². The fourth-order valence-corrected chi connectivity index (χ4v) is 4.08. The lowest BCUT2D eigenvalue weighted by Crippen LogP contribution is -2.37. The number of hydrogen-bond donors (Lipinski definition) is 0. The quantitative estimate of drug-likeness (QED) is 0.807. The predicted molar refractivity (Wildman–Crippen MR) is 95.4 cm³/mol. The summed E-state index contributed by atoms with van der Waals surface area (Å²) >= 11 is 0. The Bertz CT molecular complexity index is 751. The summed E-state index contributed by atoms with van der Waals surface area (Å²) in [5, 5.41) is 0. The van der Waals surface area contributed by atoms with Crippen LogP contribution in [0.2, 0.25) is 0 Å². The van der Waals surface area contributed by atoms with Crippen molar-refractivity contribution in [1.82, 2.24) is 9.80 Å². The molecule has 0 aromatic heterocycles. The molecule has 4 heteroatoms. The van der Waals surface area contributed by atoms with Crippen LogP contribution in [0.25, 0.3) is 0 Å². The second-order valence-corrected chi connectivity index (χ2v) is 7.03. The van der Waals surface area contributed by atoms with Crippen LogP contribution < -0.4 is 0 Å².